The standard InChI is InChI=1S/C21H34N6O2S/c1-3-29-14-12-23-19-17-15-24-27(20(17)26-21(25-19)30-4-2)13-11-22-18(28)10-9-16-7-5-6-8-16/h15-16H,3-14H2,1-2H3,(H,22,28)(H,23,25,26). The molecule has 1 amide bonds. The van der Waals surface area contributed by atoms with Gasteiger partial charge in [-0.2, -0.15) is 5.10 Å². The maximum absolute atomic E-state index is 12.2. The minimum Gasteiger partial charge on any atom is -0.380 e. The number of hydrogen-bond donors (Lipinski definition) is 2. The van der Waals surface area contributed by atoms with E-state index in [0.29, 0.717) is 39.3 Å². The third kappa shape index (κ3) is 6.57. The molecule has 2 N–H and O–H groups in total. The van der Waals surface area contributed by atoms with Gasteiger partial charge >= 0.3 is 0 Å². The summed E-state index contributed by atoms with van der Waals surface area (Å²) in [5, 5.41) is 12.5. The summed E-state index contributed by atoms with van der Waals surface area (Å²) in [4.78, 5) is 21.5. The van der Waals surface area contributed by atoms with Crippen molar-refractivity contribution in [1.82, 2.24) is 25.1 Å². The van der Waals surface area contributed by atoms with E-state index in [4.69, 9.17) is 4.74 Å². The molecule has 1 aliphatic carbocycles. The van der Waals surface area contributed by atoms with Crippen LogP contribution in [0.25, 0.3) is 11.0 Å². The molecule has 2 heterocycles. The van der Waals surface area contributed by atoms with E-state index in [1.807, 2.05) is 11.6 Å². The number of rotatable bonds is 13. The Morgan fingerprint density at radius 3 is 2.87 bits per heavy atom. The van der Waals surface area contributed by atoms with E-state index in [1.165, 1.54) is 25.7 Å². The first kappa shape index (κ1) is 22.8. The van der Waals surface area contributed by atoms with Crippen molar-refractivity contribution in [2.75, 3.05) is 37.4 Å². The maximum Gasteiger partial charge on any atom is 0.220 e. The number of carbonyl (C=O) groups excluding carboxylic acids is 1. The maximum atomic E-state index is 12.2. The summed E-state index contributed by atoms with van der Waals surface area (Å²) in [5.74, 6) is 2.55. The van der Waals surface area contributed by atoms with Crippen LogP contribution in [0.3, 0.4) is 0 Å². The summed E-state index contributed by atoms with van der Waals surface area (Å²) in [6.07, 6.45) is 8.63. The number of nitrogens with one attached hydrogen (secondary N) is 2. The second-order valence-electron chi connectivity index (χ2n) is 7.56. The fourth-order valence-corrected chi connectivity index (χ4v) is 4.40. The van der Waals surface area contributed by atoms with Crippen molar-refractivity contribution in [1.29, 1.82) is 0 Å². The van der Waals surface area contributed by atoms with Gasteiger partial charge in [0.25, 0.3) is 0 Å². The van der Waals surface area contributed by atoms with Crippen molar-refractivity contribution in [3.8, 4) is 0 Å². The quantitative estimate of drug-likeness (QED) is 0.283. The molecule has 8 nitrogen and oxygen atoms in total. The number of ether oxygens (including phenoxy) is 1. The summed E-state index contributed by atoms with van der Waals surface area (Å²) >= 11 is 1.60. The van der Waals surface area contributed by atoms with Crippen LogP contribution in [0.2, 0.25) is 0 Å². The number of amides is 1. The van der Waals surface area contributed by atoms with Gasteiger partial charge in [-0.3, -0.25) is 4.79 Å². The number of thioether (sulfide) groups is 1. The molecular formula is C21H34N6O2S. The van der Waals surface area contributed by atoms with E-state index in [1.54, 1.807) is 18.0 Å². The van der Waals surface area contributed by atoms with E-state index < -0.39 is 0 Å². The van der Waals surface area contributed by atoms with Gasteiger partial charge in [0.2, 0.25) is 5.91 Å². The zero-order valence-corrected chi connectivity index (χ0v) is 19.0. The van der Waals surface area contributed by atoms with Crippen molar-refractivity contribution in [2.24, 2.45) is 5.92 Å². The molecule has 1 aliphatic rings. The molecule has 0 bridgehead atoms. The smallest absolute Gasteiger partial charge is 0.220 e. The lowest BCUT2D eigenvalue weighted by Crippen LogP contribution is -2.27. The topological polar surface area (TPSA) is 94.0 Å². The van der Waals surface area contributed by atoms with Crippen molar-refractivity contribution in [3.63, 3.8) is 0 Å². The largest absolute Gasteiger partial charge is 0.380 e. The van der Waals surface area contributed by atoms with Crippen LogP contribution < -0.4 is 10.6 Å². The average molecular weight is 435 g/mol. The molecule has 0 saturated heterocycles. The van der Waals surface area contributed by atoms with Gasteiger partial charge in [0.05, 0.1) is 24.7 Å². The van der Waals surface area contributed by atoms with E-state index in [0.717, 1.165) is 40.1 Å². The molecule has 0 aromatic carbocycles. The molecule has 0 atom stereocenters. The molecular weight excluding hydrogens is 400 g/mol. The Hall–Kier alpha value is -1.87. The summed E-state index contributed by atoms with van der Waals surface area (Å²) in [5.41, 5.74) is 0.792. The fraction of sp³-hybridized carbons (Fsp3) is 0.714. The minimum absolute atomic E-state index is 0.133. The number of aromatic nitrogens is 4. The molecule has 0 unspecified atom stereocenters. The lowest BCUT2D eigenvalue weighted by Gasteiger charge is -2.10. The van der Waals surface area contributed by atoms with Gasteiger partial charge in [-0.25, -0.2) is 14.6 Å². The first-order valence-electron chi connectivity index (χ1n) is 11.2. The molecule has 2 aromatic rings. The Balaban J connectivity index is 1.57. The van der Waals surface area contributed by atoms with Gasteiger partial charge in [-0.15, -0.1) is 0 Å². The predicted molar refractivity (Wildman–Crippen MR) is 121 cm³/mol. The monoisotopic (exact) mass is 434 g/mol. The summed E-state index contributed by atoms with van der Waals surface area (Å²) < 4.78 is 7.25. The van der Waals surface area contributed by atoms with Gasteiger partial charge in [-0.05, 0) is 25.0 Å². The van der Waals surface area contributed by atoms with Crippen LogP contribution in [0.5, 0.6) is 0 Å². The van der Waals surface area contributed by atoms with Gasteiger partial charge in [0, 0.05) is 26.1 Å². The third-order valence-corrected chi connectivity index (χ3v) is 6.12. The van der Waals surface area contributed by atoms with Crippen LogP contribution in [0, 0.1) is 5.92 Å². The van der Waals surface area contributed by atoms with Crippen molar-refractivity contribution >= 4 is 34.5 Å². The van der Waals surface area contributed by atoms with Crippen LogP contribution >= 0.6 is 11.8 Å². The second-order valence-corrected chi connectivity index (χ2v) is 8.79. The van der Waals surface area contributed by atoms with Gasteiger partial charge < -0.3 is 15.4 Å². The summed E-state index contributed by atoms with van der Waals surface area (Å²) in [6.45, 7) is 7.20. The first-order valence-corrected chi connectivity index (χ1v) is 12.1. The lowest BCUT2D eigenvalue weighted by atomic mass is 10.0. The normalized spacial score (nSPS) is 14.5. The summed E-state index contributed by atoms with van der Waals surface area (Å²) in [7, 11) is 0. The molecule has 1 fully saturated rings. The fourth-order valence-electron chi connectivity index (χ4n) is 3.84. The number of anilines is 1. The molecule has 166 valence electrons. The van der Waals surface area contributed by atoms with E-state index in [9.17, 15) is 4.79 Å². The van der Waals surface area contributed by atoms with Crippen molar-refractivity contribution in [3.05, 3.63) is 6.20 Å². The van der Waals surface area contributed by atoms with Gasteiger partial charge in [0.15, 0.2) is 10.8 Å². The zero-order chi connectivity index (χ0) is 21.2. The van der Waals surface area contributed by atoms with E-state index in [2.05, 4.69) is 32.6 Å². The highest BCUT2D eigenvalue weighted by Crippen LogP contribution is 2.28. The highest BCUT2D eigenvalue weighted by Gasteiger charge is 2.16. The number of hydrogen-bond acceptors (Lipinski definition) is 7. The van der Waals surface area contributed by atoms with Gasteiger partial charge in [-0.1, -0.05) is 44.4 Å². The highest BCUT2D eigenvalue weighted by atomic mass is 32.2. The molecule has 0 aliphatic heterocycles. The van der Waals surface area contributed by atoms with Crippen molar-refractivity contribution in [2.45, 2.75) is 64.1 Å². The highest BCUT2D eigenvalue weighted by molar-refractivity contribution is 7.99. The van der Waals surface area contributed by atoms with Crippen LogP contribution in [0.1, 0.15) is 52.4 Å². The number of nitrogens with zero attached hydrogens (tertiary/aromatic N) is 4. The van der Waals surface area contributed by atoms with Gasteiger partial charge in [0.1, 0.15) is 5.82 Å². The number of carbonyl (C=O) groups is 1. The Labute approximate surface area is 182 Å². The second kappa shape index (κ2) is 12.1. The third-order valence-electron chi connectivity index (χ3n) is 5.39. The average Bonchev–Trinajstić information content (AvgIpc) is 3.40. The lowest BCUT2D eigenvalue weighted by molar-refractivity contribution is -0.121. The Morgan fingerprint density at radius 1 is 1.27 bits per heavy atom. The molecule has 0 spiro atoms. The molecule has 3 rings (SSSR count). The van der Waals surface area contributed by atoms with E-state index in [-0.39, 0.29) is 5.91 Å². The first-order chi connectivity index (χ1) is 14.7. The van der Waals surface area contributed by atoms with Crippen LogP contribution in [0.15, 0.2) is 11.4 Å². The summed E-state index contributed by atoms with van der Waals surface area (Å²) in [6, 6.07) is 0. The Morgan fingerprint density at radius 2 is 2.10 bits per heavy atom. The van der Waals surface area contributed by atoms with Crippen LogP contribution in [-0.4, -0.2) is 57.7 Å². The molecule has 30 heavy (non-hydrogen) atoms. The Bertz CT molecular complexity index is 806. The predicted octanol–water partition coefficient (Wildman–Crippen LogP) is 3.47. The minimum atomic E-state index is 0.133. The zero-order valence-electron chi connectivity index (χ0n) is 18.2. The molecule has 2 aromatic heterocycles. The molecule has 1 saturated carbocycles. The van der Waals surface area contributed by atoms with E-state index >= 15 is 0 Å². The molecule has 9 heteroatoms. The Kier molecular flexibility index (Phi) is 9.20. The van der Waals surface area contributed by atoms with Crippen LogP contribution in [0.4, 0.5) is 5.82 Å². The molecule has 0 radical (unpaired) electrons. The number of fused-ring (bicyclic) bond motifs is 1. The van der Waals surface area contributed by atoms with Crippen molar-refractivity contribution < 1.29 is 9.53 Å². The SMILES string of the molecule is CCOCCNc1nc(SCC)nc2c1cnn2CCNC(=O)CCC1CCCC1. The van der Waals surface area contributed by atoms with Crippen LogP contribution in [-0.2, 0) is 16.1 Å².